The van der Waals surface area contributed by atoms with Crippen LogP contribution in [0.1, 0.15) is 22.6 Å². The summed E-state index contributed by atoms with van der Waals surface area (Å²) >= 11 is 0. The molecule has 0 bridgehead atoms. The minimum atomic E-state index is -0.493. The maximum absolute atomic E-state index is 12.3. The molecule has 0 unspecified atom stereocenters. The molecule has 0 radical (unpaired) electrons. The average molecular weight is 344 g/mol. The van der Waals surface area contributed by atoms with Gasteiger partial charge in [-0.1, -0.05) is 60.7 Å². The van der Waals surface area contributed by atoms with Crippen molar-refractivity contribution in [3.05, 3.63) is 83.4 Å². The lowest BCUT2D eigenvalue weighted by Crippen LogP contribution is -2.19. The van der Waals surface area contributed by atoms with Gasteiger partial charge in [0.1, 0.15) is 6.61 Å². The van der Waals surface area contributed by atoms with Crippen molar-refractivity contribution >= 4 is 17.5 Å². The van der Waals surface area contributed by atoms with Crippen LogP contribution >= 0.6 is 0 Å². The van der Waals surface area contributed by atoms with E-state index in [-0.39, 0.29) is 12.5 Å². The molecule has 3 N–H and O–H groups in total. The number of anilines is 2. The number of rotatable bonds is 3. The molecule has 26 heavy (non-hydrogen) atoms. The fraction of sp³-hybridized carbons (Fsp3) is 0.136. The number of carbonyl (C=O) groups is 1. The Morgan fingerprint density at radius 1 is 0.962 bits per heavy atom. The molecule has 1 amide bonds. The van der Waals surface area contributed by atoms with E-state index in [2.05, 4.69) is 29.6 Å². The van der Waals surface area contributed by atoms with Gasteiger partial charge in [0, 0.05) is 5.92 Å². The third kappa shape index (κ3) is 2.80. The van der Waals surface area contributed by atoms with Crippen LogP contribution in [-0.2, 0) is 4.74 Å². The van der Waals surface area contributed by atoms with Gasteiger partial charge in [-0.15, -0.1) is 0 Å². The molecule has 0 saturated carbocycles. The number of ether oxygens (including phenoxy) is 1. The summed E-state index contributed by atoms with van der Waals surface area (Å²) in [5.41, 5.74) is 12.8. The predicted molar refractivity (Wildman–Crippen MR) is 104 cm³/mol. The molecule has 0 atom stereocenters. The Hall–Kier alpha value is -3.27. The second-order valence-corrected chi connectivity index (χ2v) is 6.49. The van der Waals surface area contributed by atoms with Crippen molar-refractivity contribution in [2.45, 2.75) is 12.8 Å². The number of amides is 1. The summed E-state index contributed by atoms with van der Waals surface area (Å²) in [5, 5.41) is 2.76. The SMILES string of the molecule is Cc1cccc(N)c1NC(=O)OCC1c2ccccc2-c2ccccc21. The maximum atomic E-state index is 12.3. The molecule has 0 heterocycles. The van der Waals surface area contributed by atoms with Gasteiger partial charge in [0.25, 0.3) is 0 Å². The highest BCUT2D eigenvalue weighted by Crippen LogP contribution is 2.44. The number of aryl methyl sites for hydroxylation is 1. The molecule has 0 aromatic heterocycles. The van der Waals surface area contributed by atoms with Crippen LogP contribution in [0.4, 0.5) is 16.2 Å². The number of para-hydroxylation sites is 1. The third-order valence-electron chi connectivity index (χ3n) is 4.88. The minimum absolute atomic E-state index is 0.0439. The Balaban J connectivity index is 1.52. The lowest BCUT2D eigenvalue weighted by Gasteiger charge is -2.16. The second-order valence-electron chi connectivity index (χ2n) is 6.49. The summed E-state index contributed by atoms with van der Waals surface area (Å²) in [6.07, 6.45) is -0.493. The van der Waals surface area contributed by atoms with Gasteiger partial charge in [0.15, 0.2) is 0 Å². The van der Waals surface area contributed by atoms with Gasteiger partial charge < -0.3 is 10.5 Å². The molecule has 0 spiro atoms. The Morgan fingerprint density at radius 3 is 2.19 bits per heavy atom. The van der Waals surface area contributed by atoms with E-state index in [0.29, 0.717) is 11.4 Å². The lowest BCUT2D eigenvalue weighted by molar-refractivity contribution is 0.158. The summed E-state index contributed by atoms with van der Waals surface area (Å²) in [4.78, 5) is 12.3. The highest BCUT2D eigenvalue weighted by Gasteiger charge is 2.29. The standard InChI is InChI=1S/C22H20N2O2/c1-14-7-6-12-20(23)21(14)24-22(25)26-13-19-17-10-4-2-8-15(17)16-9-3-5-11-18(16)19/h2-12,19H,13,23H2,1H3,(H,24,25). The molecule has 3 aromatic rings. The van der Waals surface area contributed by atoms with E-state index in [9.17, 15) is 4.79 Å². The van der Waals surface area contributed by atoms with E-state index in [0.717, 1.165) is 5.56 Å². The van der Waals surface area contributed by atoms with Crippen molar-refractivity contribution in [1.82, 2.24) is 0 Å². The first-order valence-corrected chi connectivity index (χ1v) is 8.62. The summed E-state index contributed by atoms with van der Waals surface area (Å²) in [5.74, 6) is 0.0439. The molecular formula is C22H20N2O2. The molecule has 4 heteroatoms. The van der Waals surface area contributed by atoms with E-state index in [4.69, 9.17) is 10.5 Å². The van der Waals surface area contributed by atoms with Gasteiger partial charge in [-0.25, -0.2) is 4.79 Å². The van der Waals surface area contributed by atoms with Crippen LogP contribution in [0.3, 0.4) is 0 Å². The molecule has 3 aromatic carbocycles. The molecule has 0 fully saturated rings. The zero-order chi connectivity index (χ0) is 18.1. The fourth-order valence-electron chi connectivity index (χ4n) is 3.60. The summed E-state index contributed by atoms with van der Waals surface area (Å²) in [6.45, 7) is 2.18. The Labute approximate surface area is 152 Å². The van der Waals surface area contributed by atoms with E-state index in [1.807, 2.05) is 43.3 Å². The molecule has 4 rings (SSSR count). The highest BCUT2D eigenvalue weighted by molar-refractivity contribution is 5.90. The smallest absolute Gasteiger partial charge is 0.411 e. The quantitative estimate of drug-likeness (QED) is 0.662. The van der Waals surface area contributed by atoms with Crippen molar-refractivity contribution in [1.29, 1.82) is 0 Å². The van der Waals surface area contributed by atoms with Gasteiger partial charge in [0.2, 0.25) is 0 Å². The molecule has 130 valence electrons. The van der Waals surface area contributed by atoms with E-state index in [1.54, 1.807) is 6.07 Å². The van der Waals surface area contributed by atoms with E-state index >= 15 is 0 Å². The Morgan fingerprint density at radius 2 is 1.58 bits per heavy atom. The van der Waals surface area contributed by atoms with Crippen LogP contribution < -0.4 is 11.1 Å². The van der Waals surface area contributed by atoms with E-state index in [1.165, 1.54) is 22.3 Å². The van der Waals surface area contributed by atoms with E-state index < -0.39 is 6.09 Å². The maximum Gasteiger partial charge on any atom is 0.411 e. The van der Waals surface area contributed by atoms with Gasteiger partial charge >= 0.3 is 6.09 Å². The van der Waals surface area contributed by atoms with Crippen LogP contribution in [0, 0.1) is 6.92 Å². The minimum Gasteiger partial charge on any atom is -0.448 e. The normalized spacial score (nSPS) is 12.3. The van der Waals surface area contributed by atoms with Gasteiger partial charge in [-0.05, 0) is 40.8 Å². The molecular weight excluding hydrogens is 324 g/mol. The monoisotopic (exact) mass is 344 g/mol. The Kier molecular flexibility index (Phi) is 4.09. The number of hydrogen-bond donors (Lipinski definition) is 2. The predicted octanol–water partition coefficient (Wildman–Crippen LogP) is 4.94. The van der Waals surface area contributed by atoms with Gasteiger partial charge in [-0.3, -0.25) is 5.32 Å². The summed E-state index contributed by atoms with van der Waals surface area (Å²) in [7, 11) is 0. The molecule has 0 aliphatic heterocycles. The fourth-order valence-corrected chi connectivity index (χ4v) is 3.60. The molecule has 1 aliphatic rings. The zero-order valence-electron chi connectivity index (χ0n) is 14.5. The first kappa shape index (κ1) is 16.2. The third-order valence-corrected chi connectivity index (χ3v) is 4.88. The number of nitrogens with two attached hydrogens (primary N) is 1. The van der Waals surface area contributed by atoms with Crippen LogP contribution in [-0.4, -0.2) is 12.7 Å². The first-order valence-electron chi connectivity index (χ1n) is 8.62. The number of nitrogen functional groups attached to an aromatic ring is 1. The van der Waals surface area contributed by atoms with Crippen LogP contribution in [0.5, 0.6) is 0 Å². The lowest BCUT2D eigenvalue weighted by atomic mass is 9.98. The molecule has 0 saturated heterocycles. The van der Waals surface area contributed by atoms with Gasteiger partial charge in [0.05, 0.1) is 11.4 Å². The number of fused-ring (bicyclic) bond motifs is 3. The van der Waals surface area contributed by atoms with Crippen LogP contribution in [0.25, 0.3) is 11.1 Å². The largest absolute Gasteiger partial charge is 0.448 e. The molecule has 4 nitrogen and oxygen atoms in total. The number of hydrogen-bond acceptors (Lipinski definition) is 3. The number of benzene rings is 3. The highest BCUT2D eigenvalue weighted by atomic mass is 16.5. The first-order chi connectivity index (χ1) is 12.6. The van der Waals surface area contributed by atoms with Crippen molar-refractivity contribution in [3.63, 3.8) is 0 Å². The Bertz CT molecular complexity index is 916. The molecule has 1 aliphatic carbocycles. The summed E-state index contributed by atoms with van der Waals surface area (Å²) < 4.78 is 5.55. The summed E-state index contributed by atoms with van der Waals surface area (Å²) in [6, 6.07) is 22.0. The number of nitrogens with one attached hydrogen (secondary N) is 1. The average Bonchev–Trinajstić information content (AvgIpc) is 2.97. The van der Waals surface area contributed by atoms with Crippen LogP contribution in [0.15, 0.2) is 66.7 Å². The topological polar surface area (TPSA) is 64.3 Å². The van der Waals surface area contributed by atoms with Gasteiger partial charge in [-0.2, -0.15) is 0 Å². The van der Waals surface area contributed by atoms with Crippen molar-refractivity contribution in [3.8, 4) is 11.1 Å². The van der Waals surface area contributed by atoms with Crippen molar-refractivity contribution in [2.75, 3.05) is 17.7 Å². The van der Waals surface area contributed by atoms with Crippen molar-refractivity contribution in [2.24, 2.45) is 0 Å². The van der Waals surface area contributed by atoms with Crippen LogP contribution in [0.2, 0.25) is 0 Å². The number of carbonyl (C=O) groups excluding carboxylic acids is 1. The zero-order valence-corrected chi connectivity index (χ0v) is 14.5. The second kappa shape index (κ2) is 6.56. The van der Waals surface area contributed by atoms with Crippen molar-refractivity contribution < 1.29 is 9.53 Å².